The lowest BCUT2D eigenvalue weighted by molar-refractivity contribution is -0.929. The van der Waals surface area contributed by atoms with Crippen LogP contribution in [0.4, 0.5) is 0 Å². The molecule has 0 aliphatic carbocycles. The summed E-state index contributed by atoms with van der Waals surface area (Å²) >= 11 is 0. The minimum atomic E-state index is 1.37. The Morgan fingerprint density at radius 1 is 0.200 bits per heavy atom. The smallest absolute Gasteiger partial charge is 0.0786 e. The highest BCUT2D eigenvalue weighted by molar-refractivity contribution is 4.55. The van der Waals surface area contributed by atoms with Crippen molar-refractivity contribution >= 4 is 0 Å². The van der Waals surface area contributed by atoms with E-state index in [9.17, 15) is 0 Å². The zero-order chi connectivity index (χ0) is 29.2. The van der Waals surface area contributed by atoms with Crippen molar-refractivity contribution in [1.82, 2.24) is 0 Å². The number of nitrogens with zero attached hydrogens (tertiary/aromatic N) is 1. The van der Waals surface area contributed by atoms with Crippen molar-refractivity contribution < 1.29 is 4.48 Å². The maximum atomic E-state index is 2.35. The summed E-state index contributed by atoms with van der Waals surface area (Å²) < 4.78 is 1.48. The molecule has 0 aliphatic heterocycles. The average Bonchev–Trinajstić information content (AvgIpc) is 2.96. The Kier molecular flexibility index (Phi) is 33.4. The maximum Gasteiger partial charge on any atom is 0.0786 e. The van der Waals surface area contributed by atoms with Crippen LogP contribution in [0, 0.1) is 0 Å². The molecule has 0 aromatic rings. The second-order valence-electron chi connectivity index (χ2n) is 13.8. The molecule has 0 spiro atoms. The molecule has 0 amide bonds. The van der Waals surface area contributed by atoms with Gasteiger partial charge in [-0.25, -0.2) is 0 Å². The number of unbranched alkanes of at least 4 members (excludes halogenated alkanes) is 27. The van der Waals surface area contributed by atoms with Crippen molar-refractivity contribution in [3.63, 3.8) is 0 Å². The lowest BCUT2D eigenvalue weighted by Gasteiger charge is -2.40. The van der Waals surface area contributed by atoms with Crippen molar-refractivity contribution in [1.29, 1.82) is 0 Å². The van der Waals surface area contributed by atoms with Gasteiger partial charge in [-0.05, 0) is 51.4 Å². The summed E-state index contributed by atoms with van der Waals surface area (Å²) in [5, 5.41) is 0. The lowest BCUT2D eigenvalue weighted by atomic mass is 10.0. The van der Waals surface area contributed by atoms with Crippen LogP contribution in [0.5, 0.6) is 0 Å². The zero-order valence-corrected chi connectivity index (χ0v) is 29.2. The summed E-state index contributed by atoms with van der Waals surface area (Å²) in [7, 11) is 0. The molecular formula is C39H82N+. The Balaban J connectivity index is 4.58. The van der Waals surface area contributed by atoms with E-state index in [-0.39, 0.29) is 0 Å². The molecule has 0 aromatic heterocycles. The Morgan fingerprint density at radius 2 is 0.350 bits per heavy atom. The number of hydrogen-bond acceptors (Lipinski definition) is 0. The van der Waals surface area contributed by atoms with E-state index in [0.717, 1.165) is 0 Å². The Hall–Kier alpha value is -0.0400. The molecule has 0 saturated carbocycles. The molecule has 1 nitrogen and oxygen atoms in total. The molecule has 0 aliphatic rings. The van der Waals surface area contributed by atoms with Crippen molar-refractivity contribution in [2.75, 3.05) is 26.2 Å². The van der Waals surface area contributed by atoms with Gasteiger partial charge in [-0.15, -0.1) is 0 Å². The van der Waals surface area contributed by atoms with Gasteiger partial charge in [0.25, 0.3) is 0 Å². The van der Waals surface area contributed by atoms with E-state index in [4.69, 9.17) is 0 Å². The largest absolute Gasteiger partial charge is 0.324 e. The predicted molar refractivity (Wildman–Crippen MR) is 186 cm³/mol. The first kappa shape index (κ1) is 40.0. The molecule has 0 saturated heterocycles. The van der Waals surface area contributed by atoms with E-state index in [2.05, 4.69) is 27.7 Å². The van der Waals surface area contributed by atoms with E-state index >= 15 is 0 Å². The van der Waals surface area contributed by atoms with Crippen molar-refractivity contribution in [3.05, 3.63) is 0 Å². The van der Waals surface area contributed by atoms with Gasteiger partial charge in [0.2, 0.25) is 0 Å². The first-order valence-electron chi connectivity index (χ1n) is 19.6. The van der Waals surface area contributed by atoms with Gasteiger partial charge >= 0.3 is 0 Å². The van der Waals surface area contributed by atoms with E-state index in [0.29, 0.717) is 0 Å². The molecule has 0 atom stereocenters. The summed E-state index contributed by atoms with van der Waals surface area (Å²) in [6, 6.07) is 0. The Bertz CT molecular complexity index is 403. The highest BCUT2D eigenvalue weighted by Gasteiger charge is 2.25. The lowest BCUT2D eigenvalue weighted by Crippen LogP contribution is -2.50. The van der Waals surface area contributed by atoms with Gasteiger partial charge < -0.3 is 4.48 Å². The standard InChI is InChI=1S/C39H82N/c1-5-9-13-17-21-22-23-24-25-26-27-31-35-39-40(36-32-28-18-14-10-6-2,37-33-29-19-15-11-7-3)38-34-30-20-16-12-8-4/h5-39H2,1-4H3/q+1. The second-order valence-corrected chi connectivity index (χ2v) is 13.8. The fraction of sp³-hybridized carbons (Fsp3) is 1.00. The second kappa shape index (κ2) is 33.5. The third-order valence-electron chi connectivity index (χ3n) is 9.69. The molecule has 0 radical (unpaired) electrons. The van der Waals surface area contributed by atoms with Crippen LogP contribution in [0.3, 0.4) is 0 Å². The van der Waals surface area contributed by atoms with Crippen LogP contribution in [0.2, 0.25) is 0 Å². The first-order chi connectivity index (χ1) is 19.7. The van der Waals surface area contributed by atoms with Crippen molar-refractivity contribution in [2.45, 2.75) is 227 Å². The molecule has 0 N–H and O–H groups in total. The van der Waals surface area contributed by atoms with Crippen LogP contribution in [0.25, 0.3) is 0 Å². The fourth-order valence-corrected chi connectivity index (χ4v) is 6.82. The van der Waals surface area contributed by atoms with Gasteiger partial charge in [0.15, 0.2) is 0 Å². The van der Waals surface area contributed by atoms with Crippen molar-refractivity contribution in [3.8, 4) is 0 Å². The molecule has 0 bridgehead atoms. The third-order valence-corrected chi connectivity index (χ3v) is 9.69. The van der Waals surface area contributed by atoms with Gasteiger partial charge in [-0.2, -0.15) is 0 Å². The maximum absolute atomic E-state index is 2.35. The van der Waals surface area contributed by atoms with Crippen LogP contribution in [0.15, 0.2) is 0 Å². The van der Waals surface area contributed by atoms with E-state index in [1.807, 2.05) is 0 Å². The molecule has 242 valence electrons. The van der Waals surface area contributed by atoms with E-state index in [1.165, 1.54) is 230 Å². The summed E-state index contributed by atoms with van der Waals surface area (Å²) in [4.78, 5) is 0. The van der Waals surface area contributed by atoms with Crippen LogP contribution in [-0.4, -0.2) is 30.7 Å². The number of hydrogen-bond donors (Lipinski definition) is 0. The van der Waals surface area contributed by atoms with Gasteiger partial charge in [0.05, 0.1) is 26.2 Å². The van der Waals surface area contributed by atoms with Gasteiger partial charge in [-0.3, -0.25) is 0 Å². The van der Waals surface area contributed by atoms with E-state index in [1.54, 1.807) is 0 Å². The van der Waals surface area contributed by atoms with Crippen LogP contribution in [0.1, 0.15) is 227 Å². The summed E-state index contributed by atoms with van der Waals surface area (Å²) in [6.07, 6.45) is 45.2. The van der Waals surface area contributed by atoms with Gasteiger partial charge in [-0.1, -0.05) is 175 Å². The minimum absolute atomic E-state index is 1.37. The first-order valence-corrected chi connectivity index (χ1v) is 19.6. The Morgan fingerprint density at radius 3 is 0.525 bits per heavy atom. The summed E-state index contributed by atoms with van der Waals surface area (Å²) in [5.74, 6) is 0. The minimum Gasteiger partial charge on any atom is -0.324 e. The highest BCUT2D eigenvalue weighted by atomic mass is 15.3. The predicted octanol–water partition coefficient (Wildman–Crippen LogP) is 14.0. The quantitative estimate of drug-likeness (QED) is 0.0530. The topological polar surface area (TPSA) is 0 Å². The summed E-state index contributed by atoms with van der Waals surface area (Å²) in [5.41, 5.74) is 0. The molecule has 0 aromatic carbocycles. The van der Waals surface area contributed by atoms with Gasteiger partial charge in [0, 0.05) is 0 Å². The molecule has 0 heterocycles. The molecule has 0 unspecified atom stereocenters. The third kappa shape index (κ3) is 28.1. The normalized spacial score (nSPS) is 12.0. The highest BCUT2D eigenvalue weighted by Crippen LogP contribution is 2.21. The molecular weight excluding hydrogens is 482 g/mol. The van der Waals surface area contributed by atoms with Crippen molar-refractivity contribution in [2.24, 2.45) is 0 Å². The fourth-order valence-electron chi connectivity index (χ4n) is 6.82. The van der Waals surface area contributed by atoms with Crippen LogP contribution < -0.4 is 0 Å². The molecule has 40 heavy (non-hydrogen) atoms. The zero-order valence-electron chi connectivity index (χ0n) is 29.2. The van der Waals surface area contributed by atoms with E-state index < -0.39 is 0 Å². The average molecular weight is 565 g/mol. The van der Waals surface area contributed by atoms with Crippen LogP contribution in [-0.2, 0) is 0 Å². The Labute approximate surface area is 257 Å². The number of rotatable bonds is 35. The summed E-state index contributed by atoms with van der Waals surface area (Å²) in [6.45, 7) is 15.3. The number of quaternary nitrogens is 1. The SMILES string of the molecule is CCCCCCCCCCCCCCC[N+](CCCCCCCC)(CCCCCCCC)CCCCCCCC. The molecule has 0 rings (SSSR count). The molecule has 0 fully saturated rings. The van der Waals surface area contributed by atoms with Crippen LogP contribution >= 0.6 is 0 Å². The monoisotopic (exact) mass is 565 g/mol. The van der Waals surface area contributed by atoms with Gasteiger partial charge in [0.1, 0.15) is 0 Å². The molecule has 1 heteroatoms.